The number of para-hydroxylation sites is 1. The molecule has 5 rings (SSSR count). The van der Waals surface area contributed by atoms with Crippen LogP contribution in [0.2, 0.25) is 0 Å². The first-order valence-electron chi connectivity index (χ1n) is 10.4. The Hall–Kier alpha value is -3.65. The standard InChI is InChI=1S/C28H24N2/c1-30-26-20-12-11-19-25(26)28(23-15-7-3-8-16-23,24-17-9-4-10-18-24)29-27(30)21-22-13-5-2-6-14-22/h2-20H,21H2,1H3. The molecule has 1 heterocycles. The predicted molar refractivity (Wildman–Crippen MR) is 125 cm³/mol. The SMILES string of the molecule is CN1C(Cc2ccccc2)=NC(c2ccccc2)(c2ccccc2)c2ccccc21. The third kappa shape index (κ3) is 3.02. The van der Waals surface area contributed by atoms with Crippen molar-refractivity contribution in [3.8, 4) is 0 Å². The van der Waals surface area contributed by atoms with Crippen LogP contribution in [0.4, 0.5) is 5.69 Å². The number of hydrogen-bond donors (Lipinski definition) is 0. The van der Waals surface area contributed by atoms with Crippen LogP contribution in [0.3, 0.4) is 0 Å². The van der Waals surface area contributed by atoms with E-state index in [1.807, 2.05) is 0 Å². The van der Waals surface area contributed by atoms with E-state index in [9.17, 15) is 0 Å². The van der Waals surface area contributed by atoms with E-state index < -0.39 is 5.54 Å². The normalized spacial score (nSPS) is 14.7. The van der Waals surface area contributed by atoms with Gasteiger partial charge in [0.15, 0.2) is 0 Å². The van der Waals surface area contributed by atoms with Gasteiger partial charge in [-0.1, -0.05) is 109 Å². The summed E-state index contributed by atoms with van der Waals surface area (Å²) in [5, 5.41) is 0. The average molecular weight is 389 g/mol. The summed E-state index contributed by atoms with van der Waals surface area (Å²) >= 11 is 0. The van der Waals surface area contributed by atoms with Gasteiger partial charge in [0.05, 0.1) is 0 Å². The largest absolute Gasteiger partial charge is 0.333 e. The number of fused-ring (bicyclic) bond motifs is 1. The highest BCUT2D eigenvalue weighted by molar-refractivity contribution is 6.02. The molecular weight excluding hydrogens is 364 g/mol. The highest BCUT2D eigenvalue weighted by Gasteiger charge is 2.42. The molecule has 2 nitrogen and oxygen atoms in total. The Bertz CT molecular complexity index is 1130. The van der Waals surface area contributed by atoms with Crippen molar-refractivity contribution in [3.05, 3.63) is 138 Å². The summed E-state index contributed by atoms with van der Waals surface area (Å²) in [4.78, 5) is 7.76. The van der Waals surface area contributed by atoms with Crippen molar-refractivity contribution >= 4 is 11.5 Å². The molecule has 1 aliphatic rings. The quantitative estimate of drug-likeness (QED) is 0.414. The van der Waals surface area contributed by atoms with Gasteiger partial charge < -0.3 is 4.90 Å². The summed E-state index contributed by atoms with van der Waals surface area (Å²) in [5.74, 6) is 1.06. The fourth-order valence-electron chi connectivity index (χ4n) is 4.44. The molecule has 0 saturated carbocycles. The molecule has 0 amide bonds. The summed E-state index contributed by atoms with van der Waals surface area (Å²) in [6.07, 6.45) is 0.785. The summed E-state index contributed by atoms with van der Waals surface area (Å²) in [5.41, 5.74) is 5.46. The van der Waals surface area contributed by atoms with Gasteiger partial charge in [-0.05, 0) is 22.8 Å². The van der Waals surface area contributed by atoms with E-state index in [0.717, 1.165) is 12.3 Å². The topological polar surface area (TPSA) is 15.6 Å². The number of rotatable bonds is 4. The van der Waals surface area contributed by atoms with Crippen LogP contribution in [0.25, 0.3) is 0 Å². The van der Waals surface area contributed by atoms with Crippen LogP contribution in [-0.2, 0) is 12.0 Å². The minimum Gasteiger partial charge on any atom is -0.333 e. The molecule has 0 saturated heterocycles. The molecule has 0 bridgehead atoms. The zero-order valence-electron chi connectivity index (χ0n) is 17.1. The predicted octanol–water partition coefficient (Wildman–Crippen LogP) is 6.07. The molecule has 0 fully saturated rings. The second kappa shape index (κ2) is 7.64. The lowest BCUT2D eigenvalue weighted by Gasteiger charge is -2.41. The molecule has 0 spiro atoms. The molecule has 0 unspecified atom stereocenters. The molecule has 0 aliphatic carbocycles. The Kier molecular flexibility index (Phi) is 4.68. The number of hydrogen-bond acceptors (Lipinski definition) is 2. The van der Waals surface area contributed by atoms with Crippen LogP contribution >= 0.6 is 0 Å². The molecule has 0 atom stereocenters. The van der Waals surface area contributed by atoms with Crippen LogP contribution in [0.5, 0.6) is 0 Å². The monoisotopic (exact) mass is 388 g/mol. The first-order valence-corrected chi connectivity index (χ1v) is 10.4. The number of aliphatic imine (C=N–C) groups is 1. The second-order valence-electron chi connectivity index (χ2n) is 7.71. The molecule has 1 aliphatic heterocycles. The van der Waals surface area contributed by atoms with Gasteiger partial charge in [-0.15, -0.1) is 0 Å². The van der Waals surface area contributed by atoms with Crippen molar-refractivity contribution < 1.29 is 0 Å². The van der Waals surface area contributed by atoms with Crippen LogP contribution < -0.4 is 4.90 Å². The zero-order chi connectivity index (χ0) is 20.4. The van der Waals surface area contributed by atoms with E-state index in [1.165, 1.54) is 27.9 Å². The number of anilines is 1. The molecule has 0 radical (unpaired) electrons. The van der Waals surface area contributed by atoms with Gasteiger partial charge in [-0.2, -0.15) is 0 Å². The number of benzene rings is 4. The summed E-state index contributed by atoms with van der Waals surface area (Å²) in [6, 6.07) is 40.6. The maximum absolute atomic E-state index is 5.51. The van der Waals surface area contributed by atoms with Crippen molar-refractivity contribution in [1.29, 1.82) is 0 Å². The van der Waals surface area contributed by atoms with Crippen LogP contribution in [0.15, 0.2) is 120 Å². The lowest BCUT2D eigenvalue weighted by Crippen LogP contribution is -2.41. The van der Waals surface area contributed by atoms with E-state index in [1.54, 1.807) is 0 Å². The van der Waals surface area contributed by atoms with Gasteiger partial charge in [-0.25, -0.2) is 0 Å². The first kappa shape index (κ1) is 18.4. The van der Waals surface area contributed by atoms with E-state index >= 15 is 0 Å². The molecule has 2 heteroatoms. The fraction of sp³-hybridized carbons (Fsp3) is 0.107. The molecule has 146 valence electrons. The van der Waals surface area contributed by atoms with E-state index in [4.69, 9.17) is 4.99 Å². The van der Waals surface area contributed by atoms with Crippen molar-refractivity contribution in [1.82, 2.24) is 0 Å². The zero-order valence-corrected chi connectivity index (χ0v) is 17.1. The first-order chi connectivity index (χ1) is 14.8. The Labute approximate surface area is 178 Å². The molecule has 4 aromatic carbocycles. The lowest BCUT2D eigenvalue weighted by molar-refractivity contribution is 0.641. The number of amidine groups is 1. The van der Waals surface area contributed by atoms with Gasteiger partial charge in [-0.3, -0.25) is 4.99 Å². The summed E-state index contributed by atoms with van der Waals surface area (Å²) in [6.45, 7) is 0. The highest BCUT2D eigenvalue weighted by Crippen LogP contribution is 2.47. The Balaban J connectivity index is 1.80. The van der Waals surface area contributed by atoms with Crippen LogP contribution in [0, 0.1) is 0 Å². The maximum Gasteiger partial charge on any atom is 0.140 e. The maximum atomic E-state index is 5.51. The van der Waals surface area contributed by atoms with Crippen molar-refractivity contribution in [2.24, 2.45) is 4.99 Å². The second-order valence-corrected chi connectivity index (χ2v) is 7.71. The van der Waals surface area contributed by atoms with Gasteiger partial charge >= 0.3 is 0 Å². The van der Waals surface area contributed by atoms with E-state index in [-0.39, 0.29) is 0 Å². The lowest BCUT2D eigenvalue weighted by atomic mass is 9.75. The molecule has 30 heavy (non-hydrogen) atoms. The number of nitrogens with zero attached hydrogens (tertiary/aromatic N) is 2. The minimum atomic E-state index is -0.574. The van der Waals surface area contributed by atoms with Crippen molar-refractivity contribution in [3.63, 3.8) is 0 Å². The minimum absolute atomic E-state index is 0.574. The third-order valence-electron chi connectivity index (χ3n) is 5.93. The average Bonchev–Trinajstić information content (AvgIpc) is 2.83. The van der Waals surface area contributed by atoms with Gasteiger partial charge in [0.25, 0.3) is 0 Å². The van der Waals surface area contributed by atoms with Crippen molar-refractivity contribution in [2.75, 3.05) is 11.9 Å². The van der Waals surface area contributed by atoms with Gasteiger partial charge in [0.1, 0.15) is 11.4 Å². The van der Waals surface area contributed by atoms with E-state index in [2.05, 4.69) is 127 Å². The van der Waals surface area contributed by atoms with Crippen molar-refractivity contribution in [2.45, 2.75) is 12.0 Å². The molecule has 0 aromatic heterocycles. The smallest absolute Gasteiger partial charge is 0.140 e. The fourth-order valence-corrected chi connectivity index (χ4v) is 4.44. The van der Waals surface area contributed by atoms with Gasteiger partial charge in [0, 0.05) is 24.7 Å². The molecule has 0 N–H and O–H groups in total. The molecular formula is C28H24N2. The summed E-state index contributed by atoms with van der Waals surface area (Å²) in [7, 11) is 2.13. The molecule has 4 aromatic rings. The summed E-state index contributed by atoms with van der Waals surface area (Å²) < 4.78 is 0. The highest BCUT2D eigenvalue weighted by atomic mass is 15.2. The third-order valence-corrected chi connectivity index (χ3v) is 5.93. The number of likely N-dealkylation sites (N-methyl/N-ethyl adjacent to an activating group) is 1. The Morgan fingerprint density at radius 2 is 1.13 bits per heavy atom. The van der Waals surface area contributed by atoms with Crippen LogP contribution in [-0.4, -0.2) is 12.9 Å². The Morgan fingerprint density at radius 1 is 0.633 bits per heavy atom. The van der Waals surface area contributed by atoms with Crippen LogP contribution in [0.1, 0.15) is 22.3 Å². The van der Waals surface area contributed by atoms with Gasteiger partial charge in [0.2, 0.25) is 0 Å². The van der Waals surface area contributed by atoms with E-state index in [0.29, 0.717) is 0 Å². The Morgan fingerprint density at radius 3 is 1.73 bits per heavy atom.